The third-order valence-corrected chi connectivity index (χ3v) is 1.88. The maximum atomic E-state index is 10.6. The normalized spacial score (nSPS) is 15.3. The molecular formula is C14H15N3O2. The fourth-order valence-corrected chi connectivity index (χ4v) is 1.12. The van der Waals surface area contributed by atoms with Gasteiger partial charge in [0.15, 0.2) is 0 Å². The van der Waals surface area contributed by atoms with Gasteiger partial charge in [-0.05, 0) is 24.3 Å². The Morgan fingerprint density at radius 1 is 1.05 bits per heavy atom. The minimum absolute atomic E-state index is 0.449. The predicted molar refractivity (Wildman–Crippen MR) is 76.6 cm³/mol. The van der Waals surface area contributed by atoms with Crippen LogP contribution in [-0.4, -0.2) is 17.4 Å². The molecule has 1 rings (SSSR count). The molecule has 3 N–H and O–H groups in total. The van der Waals surface area contributed by atoms with E-state index in [9.17, 15) is 4.79 Å². The van der Waals surface area contributed by atoms with Gasteiger partial charge in [0, 0.05) is 18.1 Å². The summed E-state index contributed by atoms with van der Waals surface area (Å²) in [5.74, 6) is 0. The van der Waals surface area contributed by atoms with Crippen LogP contribution in [0.15, 0.2) is 77.8 Å². The van der Waals surface area contributed by atoms with Crippen LogP contribution in [0, 0.1) is 0 Å². The van der Waals surface area contributed by atoms with Crippen molar-refractivity contribution >= 4 is 12.3 Å². The van der Waals surface area contributed by atoms with Crippen LogP contribution < -0.4 is 10.7 Å². The minimum Gasteiger partial charge on any atom is -0.465 e. The van der Waals surface area contributed by atoms with Gasteiger partial charge in [-0.1, -0.05) is 36.5 Å². The van der Waals surface area contributed by atoms with Crippen molar-refractivity contribution < 1.29 is 9.90 Å². The van der Waals surface area contributed by atoms with E-state index in [0.29, 0.717) is 5.70 Å². The third-order valence-electron chi connectivity index (χ3n) is 1.88. The van der Waals surface area contributed by atoms with E-state index in [1.807, 2.05) is 30.4 Å². The smallest absolute Gasteiger partial charge is 0.409 e. The van der Waals surface area contributed by atoms with Crippen LogP contribution in [0.5, 0.6) is 0 Å². The van der Waals surface area contributed by atoms with E-state index in [0.717, 1.165) is 0 Å². The van der Waals surface area contributed by atoms with Gasteiger partial charge in [-0.15, -0.1) is 0 Å². The number of nitrogens with one attached hydrogen (secondary N) is 2. The Bertz CT molecular complexity index is 495. The number of hydrogen-bond acceptors (Lipinski definition) is 3. The molecule has 19 heavy (non-hydrogen) atoms. The summed E-state index contributed by atoms with van der Waals surface area (Å²) in [4.78, 5) is 10.6. The average Bonchev–Trinajstić information content (AvgIpc) is 2.38. The Hall–Kier alpha value is -2.82. The zero-order valence-corrected chi connectivity index (χ0v) is 10.2. The lowest BCUT2D eigenvalue weighted by Gasteiger charge is -1.98. The molecule has 98 valence electrons. The highest BCUT2D eigenvalue weighted by atomic mass is 16.4. The Morgan fingerprint density at radius 3 is 2.47 bits per heavy atom. The molecule has 1 aliphatic heterocycles. The highest BCUT2D eigenvalue weighted by Gasteiger charge is 1.95. The van der Waals surface area contributed by atoms with E-state index < -0.39 is 6.09 Å². The molecule has 5 nitrogen and oxygen atoms in total. The van der Waals surface area contributed by atoms with Crippen LogP contribution in [0.2, 0.25) is 0 Å². The van der Waals surface area contributed by atoms with Crippen molar-refractivity contribution in [3.8, 4) is 0 Å². The zero-order chi connectivity index (χ0) is 13.8. The van der Waals surface area contributed by atoms with E-state index in [-0.39, 0.29) is 0 Å². The van der Waals surface area contributed by atoms with Gasteiger partial charge in [-0.25, -0.2) is 4.79 Å². The second kappa shape index (κ2) is 9.23. The van der Waals surface area contributed by atoms with Crippen LogP contribution in [0.4, 0.5) is 4.79 Å². The Labute approximate surface area is 111 Å². The maximum absolute atomic E-state index is 10.6. The molecular weight excluding hydrogens is 242 g/mol. The number of carboxylic acid groups (broad SMARTS) is 1. The molecule has 0 saturated carbocycles. The lowest BCUT2D eigenvalue weighted by Crippen LogP contribution is -2.18. The lowest BCUT2D eigenvalue weighted by atomic mass is 10.3. The van der Waals surface area contributed by atoms with Crippen molar-refractivity contribution in [1.82, 2.24) is 10.7 Å². The van der Waals surface area contributed by atoms with Gasteiger partial charge in [-0.2, -0.15) is 5.10 Å². The molecule has 1 amide bonds. The number of nitrogens with zero attached hydrogens (tertiary/aromatic N) is 1. The summed E-state index contributed by atoms with van der Waals surface area (Å²) in [5.41, 5.74) is 3.15. The monoisotopic (exact) mass is 257 g/mol. The highest BCUT2D eigenvalue weighted by molar-refractivity contribution is 5.73. The molecule has 0 unspecified atom stereocenters. The molecule has 0 atom stereocenters. The number of carbonyl (C=O) groups is 1. The van der Waals surface area contributed by atoms with Gasteiger partial charge in [0.05, 0.1) is 0 Å². The highest BCUT2D eigenvalue weighted by Crippen LogP contribution is 1.94. The molecule has 0 radical (unpaired) electrons. The van der Waals surface area contributed by atoms with Crippen molar-refractivity contribution in [3.05, 3.63) is 72.7 Å². The first-order valence-electron chi connectivity index (χ1n) is 5.61. The van der Waals surface area contributed by atoms with Crippen LogP contribution in [-0.2, 0) is 0 Å². The van der Waals surface area contributed by atoms with Crippen LogP contribution in [0.25, 0.3) is 0 Å². The molecule has 0 aromatic rings. The van der Waals surface area contributed by atoms with Crippen LogP contribution in [0.3, 0.4) is 0 Å². The quantitative estimate of drug-likeness (QED) is 0.675. The van der Waals surface area contributed by atoms with E-state index in [1.54, 1.807) is 36.6 Å². The summed E-state index contributed by atoms with van der Waals surface area (Å²) in [7, 11) is 0. The standard InChI is InChI=1S/C14H15N3O2/c18-14(19)17-13-9-6-4-2-1-3-5-7-11-15-16-12-8-10-13/h1-12,15,17H,(H,18,19). The molecule has 0 spiro atoms. The molecule has 0 fully saturated rings. The van der Waals surface area contributed by atoms with Crippen molar-refractivity contribution in [3.63, 3.8) is 0 Å². The van der Waals surface area contributed by atoms with Gasteiger partial charge in [0.25, 0.3) is 0 Å². The van der Waals surface area contributed by atoms with Crippen LogP contribution >= 0.6 is 0 Å². The summed E-state index contributed by atoms with van der Waals surface area (Å²) in [6.45, 7) is 0. The summed E-state index contributed by atoms with van der Waals surface area (Å²) in [5, 5.41) is 14.8. The second-order valence-corrected chi connectivity index (χ2v) is 3.33. The second-order valence-electron chi connectivity index (χ2n) is 3.33. The first kappa shape index (κ1) is 14.2. The van der Waals surface area contributed by atoms with E-state index in [4.69, 9.17) is 5.11 Å². The predicted octanol–water partition coefficient (Wildman–Crippen LogP) is 2.47. The van der Waals surface area contributed by atoms with Gasteiger partial charge in [-0.3, -0.25) is 10.7 Å². The minimum atomic E-state index is -1.11. The number of allylic oxidation sites excluding steroid dienone is 10. The maximum Gasteiger partial charge on any atom is 0.409 e. The zero-order valence-electron chi connectivity index (χ0n) is 10.2. The fourth-order valence-electron chi connectivity index (χ4n) is 1.12. The molecule has 0 saturated heterocycles. The summed E-state index contributed by atoms with van der Waals surface area (Å²) in [6.07, 6.45) is 19.7. The lowest BCUT2D eigenvalue weighted by molar-refractivity contribution is 0.198. The van der Waals surface area contributed by atoms with Crippen molar-refractivity contribution in [1.29, 1.82) is 0 Å². The topological polar surface area (TPSA) is 73.7 Å². The summed E-state index contributed by atoms with van der Waals surface area (Å²) >= 11 is 0. The molecule has 1 aliphatic rings. The van der Waals surface area contributed by atoms with Gasteiger partial charge in [0.2, 0.25) is 0 Å². The first-order valence-corrected chi connectivity index (χ1v) is 5.61. The van der Waals surface area contributed by atoms with Gasteiger partial charge in [0.1, 0.15) is 0 Å². The summed E-state index contributed by atoms with van der Waals surface area (Å²) in [6, 6.07) is 0. The van der Waals surface area contributed by atoms with Gasteiger partial charge < -0.3 is 5.11 Å². The number of amides is 1. The molecule has 0 aromatic heterocycles. The Balaban J connectivity index is 2.84. The molecule has 0 aromatic carbocycles. The van der Waals surface area contributed by atoms with Gasteiger partial charge >= 0.3 is 6.09 Å². The van der Waals surface area contributed by atoms with Crippen molar-refractivity contribution in [2.45, 2.75) is 0 Å². The van der Waals surface area contributed by atoms with Crippen LogP contribution in [0.1, 0.15) is 0 Å². The number of hydrogen-bond donors (Lipinski definition) is 3. The summed E-state index contributed by atoms with van der Waals surface area (Å²) < 4.78 is 0. The number of rotatable bonds is 1. The van der Waals surface area contributed by atoms with E-state index >= 15 is 0 Å². The van der Waals surface area contributed by atoms with Crippen molar-refractivity contribution in [2.24, 2.45) is 5.10 Å². The first-order chi connectivity index (χ1) is 9.29. The molecule has 0 bridgehead atoms. The molecule has 0 aliphatic carbocycles. The van der Waals surface area contributed by atoms with E-state index in [2.05, 4.69) is 15.8 Å². The average molecular weight is 257 g/mol. The molecule has 1 heterocycles. The number of hydrazone groups is 1. The van der Waals surface area contributed by atoms with E-state index in [1.165, 1.54) is 6.21 Å². The Kier molecular flexibility index (Phi) is 6.92. The Morgan fingerprint density at radius 2 is 1.74 bits per heavy atom. The fraction of sp³-hybridized carbons (Fsp3) is 0. The molecule has 5 heteroatoms. The third kappa shape index (κ3) is 7.98. The largest absolute Gasteiger partial charge is 0.465 e. The van der Waals surface area contributed by atoms with Crippen molar-refractivity contribution in [2.75, 3.05) is 0 Å². The SMILES string of the molecule is O=C(O)NC1=CC=CC=CC=CC=CNN=CC=C1.